The van der Waals surface area contributed by atoms with E-state index in [4.69, 9.17) is 0 Å². The molecule has 0 fully saturated rings. The molecule has 0 aliphatic rings. The Labute approximate surface area is 124 Å². The predicted octanol–water partition coefficient (Wildman–Crippen LogP) is 1.79. The molecule has 0 saturated heterocycles. The molecule has 0 aliphatic carbocycles. The summed E-state index contributed by atoms with van der Waals surface area (Å²) in [7, 11) is -1.75. The van der Waals surface area contributed by atoms with Crippen molar-refractivity contribution in [2.45, 2.75) is 13.0 Å². The third-order valence-corrected chi connectivity index (χ3v) is 5.01. The minimum absolute atomic E-state index is 0.0611. The molecule has 0 amide bonds. The van der Waals surface area contributed by atoms with Gasteiger partial charge in [0, 0.05) is 26.0 Å². The van der Waals surface area contributed by atoms with E-state index < -0.39 is 10.0 Å². The fraction of sp³-hybridized carbons (Fsp3) is 0.267. The molecule has 1 aromatic heterocycles. The summed E-state index contributed by atoms with van der Waals surface area (Å²) in [5.74, 6) is 0.230. The molecule has 21 heavy (non-hydrogen) atoms. The Balaban J connectivity index is 1.96. The molecule has 2 aromatic rings. The van der Waals surface area contributed by atoms with E-state index in [1.807, 2.05) is 12.1 Å². The standard InChI is InChI=1S/C15H18N2O3S/c1-17(12-14-2-4-15(18)5-3-14)21(19,20)11-8-13-6-9-16-10-7-13/h2-7,9-10,18H,8,11-12H2,1H3. The van der Waals surface area contributed by atoms with Crippen molar-refractivity contribution >= 4 is 10.0 Å². The van der Waals surface area contributed by atoms with Crippen molar-refractivity contribution in [2.75, 3.05) is 12.8 Å². The predicted molar refractivity (Wildman–Crippen MR) is 81.3 cm³/mol. The third-order valence-electron chi connectivity index (χ3n) is 3.21. The second-order valence-corrected chi connectivity index (χ2v) is 7.04. The van der Waals surface area contributed by atoms with Crippen LogP contribution in [0, 0.1) is 0 Å². The number of rotatable bonds is 6. The summed E-state index contributed by atoms with van der Waals surface area (Å²) >= 11 is 0. The minimum atomic E-state index is -3.32. The van der Waals surface area contributed by atoms with Gasteiger partial charge in [0.1, 0.15) is 5.75 Å². The first-order chi connectivity index (χ1) is 9.97. The van der Waals surface area contributed by atoms with Gasteiger partial charge < -0.3 is 5.11 Å². The van der Waals surface area contributed by atoms with Crippen molar-refractivity contribution < 1.29 is 13.5 Å². The van der Waals surface area contributed by atoms with Crippen LogP contribution in [0.5, 0.6) is 5.75 Å². The van der Waals surface area contributed by atoms with Gasteiger partial charge in [-0.15, -0.1) is 0 Å². The van der Waals surface area contributed by atoms with E-state index in [9.17, 15) is 13.5 Å². The minimum Gasteiger partial charge on any atom is -0.508 e. The average Bonchev–Trinajstić information content (AvgIpc) is 2.48. The Morgan fingerprint density at radius 3 is 2.29 bits per heavy atom. The van der Waals surface area contributed by atoms with Crippen LogP contribution in [-0.2, 0) is 23.0 Å². The summed E-state index contributed by atoms with van der Waals surface area (Å²) < 4.78 is 25.8. The average molecular weight is 306 g/mol. The van der Waals surface area contributed by atoms with Crippen LogP contribution >= 0.6 is 0 Å². The van der Waals surface area contributed by atoms with Crippen LogP contribution in [0.3, 0.4) is 0 Å². The van der Waals surface area contributed by atoms with Gasteiger partial charge in [-0.2, -0.15) is 0 Å². The molecule has 0 radical (unpaired) electrons. The first-order valence-electron chi connectivity index (χ1n) is 6.58. The highest BCUT2D eigenvalue weighted by molar-refractivity contribution is 7.89. The van der Waals surface area contributed by atoms with E-state index in [0.717, 1.165) is 11.1 Å². The summed E-state index contributed by atoms with van der Waals surface area (Å²) in [5, 5.41) is 9.22. The van der Waals surface area contributed by atoms with Crippen molar-refractivity contribution in [1.82, 2.24) is 9.29 Å². The molecular formula is C15H18N2O3S. The molecule has 112 valence electrons. The van der Waals surface area contributed by atoms with Crippen LogP contribution in [-0.4, -0.2) is 35.6 Å². The lowest BCUT2D eigenvalue weighted by atomic mass is 10.2. The molecule has 1 aromatic carbocycles. The van der Waals surface area contributed by atoms with Crippen molar-refractivity contribution in [3.8, 4) is 5.75 Å². The van der Waals surface area contributed by atoms with Gasteiger partial charge in [-0.05, 0) is 41.8 Å². The normalized spacial score (nSPS) is 11.7. The SMILES string of the molecule is CN(Cc1ccc(O)cc1)S(=O)(=O)CCc1ccncc1. The van der Waals surface area contributed by atoms with Crippen LogP contribution in [0.25, 0.3) is 0 Å². The number of benzene rings is 1. The van der Waals surface area contributed by atoms with Gasteiger partial charge in [0.25, 0.3) is 0 Å². The van der Waals surface area contributed by atoms with E-state index in [1.54, 1.807) is 43.7 Å². The number of hydrogen-bond donors (Lipinski definition) is 1. The molecule has 5 nitrogen and oxygen atoms in total. The van der Waals surface area contributed by atoms with Gasteiger partial charge in [0.05, 0.1) is 5.75 Å². The Bertz CT molecular complexity index is 670. The molecular weight excluding hydrogens is 288 g/mol. The van der Waals surface area contributed by atoms with Gasteiger partial charge in [-0.1, -0.05) is 12.1 Å². The van der Waals surface area contributed by atoms with E-state index in [1.165, 1.54) is 4.31 Å². The molecule has 2 rings (SSSR count). The number of sulfonamides is 1. The highest BCUT2D eigenvalue weighted by atomic mass is 32.2. The van der Waals surface area contributed by atoms with Crippen LogP contribution in [0.15, 0.2) is 48.8 Å². The highest BCUT2D eigenvalue weighted by Crippen LogP contribution is 2.13. The highest BCUT2D eigenvalue weighted by Gasteiger charge is 2.17. The quantitative estimate of drug-likeness (QED) is 0.883. The van der Waals surface area contributed by atoms with Crippen LogP contribution in [0.4, 0.5) is 0 Å². The Morgan fingerprint density at radius 2 is 1.67 bits per heavy atom. The summed E-state index contributed by atoms with van der Waals surface area (Å²) in [6.45, 7) is 0.291. The molecule has 6 heteroatoms. The van der Waals surface area contributed by atoms with Gasteiger partial charge >= 0.3 is 0 Å². The second-order valence-electron chi connectivity index (χ2n) is 4.84. The van der Waals surface area contributed by atoms with Crippen molar-refractivity contribution in [2.24, 2.45) is 0 Å². The zero-order valence-corrected chi connectivity index (χ0v) is 12.6. The van der Waals surface area contributed by atoms with Crippen LogP contribution in [0.2, 0.25) is 0 Å². The Kier molecular flexibility index (Phi) is 4.93. The van der Waals surface area contributed by atoms with Crippen LogP contribution in [0.1, 0.15) is 11.1 Å². The molecule has 1 N–H and O–H groups in total. The van der Waals surface area contributed by atoms with E-state index in [0.29, 0.717) is 13.0 Å². The first-order valence-corrected chi connectivity index (χ1v) is 8.19. The topological polar surface area (TPSA) is 70.5 Å². The summed E-state index contributed by atoms with van der Waals surface area (Å²) in [6.07, 6.45) is 3.77. The summed E-state index contributed by atoms with van der Waals surface area (Å²) in [4.78, 5) is 3.91. The molecule has 1 heterocycles. The number of aromatic nitrogens is 1. The number of hydrogen-bond acceptors (Lipinski definition) is 4. The summed E-state index contributed by atoms with van der Waals surface area (Å²) in [5.41, 5.74) is 1.79. The van der Waals surface area contributed by atoms with Gasteiger partial charge in [0.15, 0.2) is 0 Å². The Hall–Kier alpha value is -1.92. The number of pyridine rings is 1. The number of aromatic hydroxyl groups is 1. The number of nitrogens with zero attached hydrogens (tertiary/aromatic N) is 2. The van der Waals surface area contributed by atoms with Gasteiger partial charge in [0.2, 0.25) is 10.0 Å². The molecule has 0 saturated carbocycles. The third kappa shape index (κ3) is 4.54. The van der Waals surface area contributed by atoms with Gasteiger partial charge in [-0.3, -0.25) is 4.98 Å². The molecule has 0 aliphatic heterocycles. The lowest BCUT2D eigenvalue weighted by Gasteiger charge is -2.17. The molecule has 0 atom stereocenters. The largest absolute Gasteiger partial charge is 0.508 e. The second kappa shape index (κ2) is 6.69. The number of aryl methyl sites for hydroxylation is 1. The molecule has 0 unspecified atom stereocenters. The number of phenols is 1. The van der Waals surface area contributed by atoms with Crippen molar-refractivity contribution in [1.29, 1.82) is 0 Å². The molecule has 0 bridgehead atoms. The maximum absolute atomic E-state index is 12.2. The zero-order valence-electron chi connectivity index (χ0n) is 11.8. The molecule has 0 spiro atoms. The first kappa shape index (κ1) is 15.5. The van der Waals surface area contributed by atoms with Crippen LogP contribution < -0.4 is 0 Å². The van der Waals surface area contributed by atoms with Crippen molar-refractivity contribution in [3.63, 3.8) is 0 Å². The fourth-order valence-electron chi connectivity index (χ4n) is 1.91. The lowest BCUT2D eigenvalue weighted by Crippen LogP contribution is -2.29. The maximum atomic E-state index is 12.2. The van der Waals surface area contributed by atoms with E-state index >= 15 is 0 Å². The smallest absolute Gasteiger partial charge is 0.214 e. The number of phenolic OH excluding ortho intramolecular Hbond substituents is 1. The summed E-state index contributed by atoms with van der Waals surface area (Å²) in [6, 6.07) is 10.2. The zero-order chi connectivity index (χ0) is 15.3. The monoisotopic (exact) mass is 306 g/mol. The lowest BCUT2D eigenvalue weighted by molar-refractivity contribution is 0.463. The van der Waals surface area contributed by atoms with Gasteiger partial charge in [-0.25, -0.2) is 12.7 Å². The maximum Gasteiger partial charge on any atom is 0.214 e. The van der Waals surface area contributed by atoms with Crippen molar-refractivity contribution in [3.05, 3.63) is 59.9 Å². The van der Waals surface area contributed by atoms with E-state index in [2.05, 4.69) is 4.98 Å². The van der Waals surface area contributed by atoms with E-state index in [-0.39, 0.29) is 11.5 Å². The Morgan fingerprint density at radius 1 is 1.05 bits per heavy atom. The fourth-order valence-corrected chi connectivity index (χ4v) is 3.06.